The molecule has 7 heteroatoms. The third-order valence-electron chi connectivity index (χ3n) is 2.03. The van der Waals surface area contributed by atoms with Crippen LogP contribution in [0.5, 0.6) is 0 Å². The first-order valence-corrected chi connectivity index (χ1v) is 6.15. The Bertz CT molecular complexity index is 425. The Morgan fingerprint density at radius 2 is 2.00 bits per heavy atom. The van der Waals surface area contributed by atoms with Crippen molar-refractivity contribution in [1.82, 2.24) is 5.32 Å². The molecule has 2 amide bonds. The maximum Gasteiger partial charge on any atom is 0.247 e. The van der Waals surface area contributed by atoms with Crippen molar-refractivity contribution in [3.8, 4) is 0 Å². The van der Waals surface area contributed by atoms with E-state index in [1.165, 1.54) is 6.92 Å². The van der Waals surface area contributed by atoms with Crippen molar-refractivity contribution in [3.63, 3.8) is 0 Å². The predicted molar refractivity (Wildman–Crippen MR) is 70.9 cm³/mol. The Morgan fingerprint density at radius 1 is 1.33 bits per heavy atom. The highest BCUT2D eigenvalue weighted by atomic mass is 32.2. The number of nitrogens with zero attached hydrogens (tertiary/aromatic N) is 1. The lowest BCUT2D eigenvalue weighted by Gasteiger charge is -2.15. The van der Waals surface area contributed by atoms with Gasteiger partial charge in [0.2, 0.25) is 11.8 Å². The molecule has 0 saturated heterocycles. The van der Waals surface area contributed by atoms with Crippen LogP contribution in [0.2, 0.25) is 0 Å². The summed E-state index contributed by atoms with van der Waals surface area (Å²) < 4.78 is 2.61. The molecule has 1 atom stereocenters. The van der Waals surface area contributed by atoms with Gasteiger partial charge in [-0.15, -0.1) is 4.91 Å². The molecular formula is C11H13N3O3S. The van der Waals surface area contributed by atoms with E-state index in [9.17, 15) is 14.5 Å². The number of carbonyl (C=O) groups excluding carboxylic acids is 2. The largest absolute Gasteiger partial charge is 0.344 e. The van der Waals surface area contributed by atoms with Crippen molar-refractivity contribution < 1.29 is 9.59 Å². The summed E-state index contributed by atoms with van der Waals surface area (Å²) in [7, 11) is 0. The van der Waals surface area contributed by atoms with Crippen LogP contribution in [-0.2, 0) is 9.59 Å². The molecule has 0 spiro atoms. The molecule has 0 unspecified atom stereocenters. The van der Waals surface area contributed by atoms with Crippen molar-refractivity contribution in [2.45, 2.75) is 13.0 Å². The smallest absolute Gasteiger partial charge is 0.247 e. The number of amides is 2. The first kappa shape index (κ1) is 14.2. The lowest BCUT2D eigenvalue weighted by Crippen LogP contribution is -2.44. The van der Waals surface area contributed by atoms with Gasteiger partial charge in [-0.3, -0.25) is 9.59 Å². The highest BCUT2D eigenvalue weighted by Crippen LogP contribution is 2.08. The maximum absolute atomic E-state index is 11.9. The summed E-state index contributed by atoms with van der Waals surface area (Å²) >= 11 is 0.691. The van der Waals surface area contributed by atoms with Gasteiger partial charge >= 0.3 is 0 Å². The fourth-order valence-electron chi connectivity index (χ4n) is 1.28. The number of rotatable bonds is 6. The van der Waals surface area contributed by atoms with Gasteiger partial charge in [0, 0.05) is 34.9 Å². The minimum atomic E-state index is -0.787. The van der Waals surface area contributed by atoms with E-state index in [-0.39, 0.29) is 17.6 Å². The number of para-hydroxylation sites is 1. The molecule has 2 N–H and O–H groups in total. The van der Waals surface area contributed by atoms with Crippen LogP contribution in [0.3, 0.4) is 0 Å². The lowest BCUT2D eigenvalue weighted by atomic mass is 10.2. The van der Waals surface area contributed by atoms with Crippen LogP contribution in [0, 0.1) is 4.91 Å². The van der Waals surface area contributed by atoms with Gasteiger partial charge < -0.3 is 10.6 Å². The lowest BCUT2D eigenvalue weighted by molar-refractivity contribution is -0.124. The summed E-state index contributed by atoms with van der Waals surface area (Å²) in [6, 6.07) is 8.06. The summed E-state index contributed by atoms with van der Waals surface area (Å²) in [5, 5.41) is 5.11. The molecule has 0 aliphatic carbocycles. The Balaban J connectivity index is 2.63. The van der Waals surface area contributed by atoms with Gasteiger partial charge in [-0.25, -0.2) is 0 Å². The van der Waals surface area contributed by atoms with E-state index >= 15 is 0 Å². The summed E-state index contributed by atoms with van der Waals surface area (Å²) in [5.74, 6) is -0.621. The fraction of sp³-hybridized carbons (Fsp3) is 0.273. The molecule has 0 aliphatic heterocycles. The van der Waals surface area contributed by atoms with Crippen molar-refractivity contribution in [1.29, 1.82) is 0 Å². The van der Waals surface area contributed by atoms with E-state index in [2.05, 4.69) is 15.2 Å². The molecule has 0 aromatic heterocycles. The average molecular weight is 267 g/mol. The number of carbonyl (C=O) groups is 2. The van der Waals surface area contributed by atoms with Gasteiger partial charge in [-0.1, -0.05) is 18.2 Å². The fourth-order valence-corrected chi connectivity index (χ4v) is 1.73. The Hall–Kier alpha value is -1.89. The van der Waals surface area contributed by atoms with Crippen LogP contribution in [0.4, 0.5) is 5.69 Å². The van der Waals surface area contributed by atoms with E-state index in [1.54, 1.807) is 24.3 Å². The molecular weight excluding hydrogens is 254 g/mol. The molecule has 0 bridgehead atoms. The topological polar surface area (TPSA) is 87.6 Å². The Labute approximate surface area is 109 Å². The van der Waals surface area contributed by atoms with E-state index in [1.807, 2.05) is 6.07 Å². The minimum Gasteiger partial charge on any atom is -0.344 e. The minimum absolute atomic E-state index is 0.0990. The second-order valence-electron chi connectivity index (χ2n) is 3.48. The predicted octanol–water partition coefficient (Wildman–Crippen LogP) is 1.54. The molecule has 1 rings (SSSR count). The van der Waals surface area contributed by atoms with Crippen LogP contribution < -0.4 is 10.6 Å². The number of nitrogens with one attached hydrogen (secondary N) is 2. The number of hydrogen-bond acceptors (Lipinski definition) is 5. The summed E-state index contributed by atoms with van der Waals surface area (Å²) in [6.45, 7) is 1.31. The maximum atomic E-state index is 11.9. The summed E-state index contributed by atoms with van der Waals surface area (Å²) in [4.78, 5) is 32.9. The summed E-state index contributed by atoms with van der Waals surface area (Å²) in [6.07, 6.45) is 0. The zero-order valence-electron chi connectivity index (χ0n) is 9.75. The van der Waals surface area contributed by atoms with Gasteiger partial charge in [0.25, 0.3) is 0 Å². The molecule has 0 saturated carbocycles. The van der Waals surface area contributed by atoms with E-state index in [4.69, 9.17) is 0 Å². The first-order valence-electron chi connectivity index (χ1n) is 5.21. The second kappa shape index (κ2) is 7.44. The van der Waals surface area contributed by atoms with Crippen LogP contribution in [0.25, 0.3) is 0 Å². The molecule has 1 aromatic carbocycles. The quantitative estimate of drug-likeness (QED) is 0.604. The molecule has 96 valence electrons. The molecule has 0 heterocycles. The van der Waals surface area contributed by atoms with E-state index < -0.39 is 6.04 Å². The molecule has 0 radical (unpaired) electrons. The van der Waals surface area contributed by atoms with E-state index in [0.717, 1.165) is 0 Å². The van der Waals surface area contributed by atoms with Gasteiger partial charge in [0.1, 0.15) is 6.04 Å². The number of benzene rings is 1. The van der Waals surface area contributed by atoms with Crippen molar-refractivity contribution in [2.75, 3.05) is 11.1 Å². The summed E-state index contributed by atoms with van der Waals surface area (Å²) in [5.41, 5.74) is 0.627. The van der Waals surface area contributed by atoms with Crippen LogP contribution in [0.1, 0.15) is 6.92 Å². The molecule has 1 aromatic rings. The zero-order valence-corrected chi connectivity index (χ0v) is 10.6. The van der Waals surface area contributed by atoms with Crippen molar-refractivity contribution in [3.05, 3.63) is 35.2 Å². The standard InChI is InChI=1S/C11H13N3O3S/c1-8(15)12-10(7-18-14-17)11(16)13-9-5-3-2-4-6-9/h2-6,10H,7H2,1H3,(H,12,15)(H,13,16)/t10-/m0/s1. The van der Waals surface area contributed by atoms with Crippen molar-refractivity contribution >= 4 is 29.4 Å². The first-order chi connectivity index (χ1) is 8.63. The number of anilines is 1. The van der Waals surface area contributed by atoms with Crippen LogP contribution in [-0.4, -0.2) is 23.6 Å². The molecule has 0 fully saturated rings. The third kappa shape index (κ3) is 4.96. The SMILES string of the molecule is CC(=O)N[C@@H](CSN=O)C(=O)Nc1ccccc1. The third-order valence-corrected chi connectivity index (χ3v) is 2.62. The number of nitroso groups, excluding NO2 is 1. The average Bonchev–Trinajstić information content (AvgIpc) is 2.35. The number of hydrogen-bond donors (Lipinski definition) is 2. The Kier molecular flexibility index (Phi) is 5.86. The van der Waals surface area contributed by atoms with Gasteiger partial charge in [0.05, 0.1) is 0 Å². The highest BCUT2D eigenvalue weighted by molar-refractivity contribution is 7.97. The van der Waals surface area contributed by atoms with Gasteiger partial charge in [-0.05, 0) is 12.1 Å². The molecule has 0 aliphatic rings. The van der Waals surface area contributed by atoms with Crippen LogP contribution >= 0.6 is 11.9 Å². The van der Waals surface area contributed by atoms with Gasteiger partial charge in [0.15, 0.2) is 0 Å². The highest BCUT2D eigenvalue weighted by Gasteiger charge is 2.19. The van der Waals surface area contributed by atoms with E-state index in [0.29, 0.717) is 17.6 Å². The second-order valence-corrected chi connectivity index (χ2v) is 4.22. The normalized spacial score (nSPS) is 11.4. The zero-order chi connectivity index (χ0) is 13.4. The monoisotopic (exact) mass is 267 g/mol. The molecule has 6 nitrogen and oxygen atoms in total. The van der Waals surface area contributed by atoms with Crippen molar-refractivity contribution in [2.24, 2.45) is 4.58 Å². The Morgan fingerprint density at radius 3 is 2.56 bits per heavy atom. The molecule has 18 heavy (non-hydrogen) atoms. The van der Waals surface area contributed by atoms with Crippen LogP contribution in [0.15, 0.2) is 34.9 Å². The van der Waals surface area contributed by atoms with Gasteiger partial charge in [-0.2, -0.15) is 0 Å².